The average molecular weight is 303 g/mol. The van der Waals surface area contributed by atoms with Crippen molar-refractivity contribution in [2.45, 2.75) is 51.1 Å². The lowest BCUT2D eigenvalue weighted by Crippen LogP contribution is -2.34. The van der Waals surface area contributed by atoms with Gasteiger partial charge in [0, 0.05) is 18.2 Å². The maximum atomic E-state index is 11.0. The highest BCUT2D eigenvalue weighted by molar-refractivity contribution is 5.70. The van der Waals surface area contributed by atoms with Gasteiger partial charge < -0.3 is 15.2 Å². The molecule has 0 saturated heterocycles. The van der Waals surface area contributed by atoms with Crippen LogP contribution in [0, 0.1) is 11.8 Å². The molecule has 0 spiro atoms. The van der Waals surface area contributed by atoms with Gasteiger partial charge in [-0.2, -0.15) is 0 Å². The van der Waals surface area contributed by atoms with E-state index >= 15 is 0 Å². The quantitative estimate of drug-likeness (QED) is 0.812. The van der Waals surface area contributed by atoms with E-state index in [2.05, 4.69) is 11.4 Å². The molecule has 22 heavy (non-hydrogen) atoms. The minimum absolute atomic E-state index is 0.146. The highest BCUT2D eigenvalue weighted by Gasteiger charge is 2.26. The first kappa shape index (κ1) is 15.3. The van der Waals surface area contributed by atoms with Gasteiger partial charge in [-0.3, -0.25) is 4.79 Å². The van der Waals surface area contributed by atoms with Crippen molar-refractivity contribution in [1.29, 1.82) is 0 Å². The van der Waals surface area contributed by atoms with Crippen LogP contribution in [0.1, 0.15) is 44.1 Å². The average Bonchev–Trinajstić information content (AvgIpc) is 3.36. The number of hydrogen-bond donors (Lipinski definition) is 2. The van der Waals surface area contributed by atoms with Crippen LogP contribution in [0.2, 0.25) is 0 Å². The molecule has 0 bridgehead atoms. The molecule has 2 saturated carbocycles. The number of carboxylic acids is 1. The molecule has 2 aliphatic carbocycles. The number of hydrogen-bond acceptors (Lipinski definition) is 3. The Morgan fingerprint density at radius 3 is 2.55 bits per heavy atom. The highest BCUT2D eigenvalue weighted by atomic mass is 16.5. The number of rotatable bonds is 7. The van der Waals surface area contributed by atoms with E-state index in [4.69, 9.17) is 9.84 Å². The van der Waals surface area contributed by atoms with E-state index in [9.17, 15) is 4.79 Å². The summed E-state index contributed by atoms with van der Waals surface area (Å²) >= 11 is 0. The summed E-state index contributed by atoms with van der Waals surface area (Å²) in [7, 11) is 0. The van der Waals surface area contributed by atoms with E-state index in [1.807, 2.05) is 18.2 Å². The second-order valence-corrected chi connectivity index (χ2v) is 6.63. The van der Waals surface area contributed by atoms with Gasteiger partial charge in [0.2, 0.25) is 0 Å². The largest absolute Gasteiger partial charge is 0.493 e. The molecule has 0 unspecified atom stereocenters. The zero-order chi connectivity index (χ0) is 15.4. The summed E-state index contributed by atoms with van der Waals surface area (Å²) in [4.78, 5) is 11.0. The molecule has 2 N–H and O–H groups in total. The highest BCUT2D eigenvalue weighted by Crippen LogP contribution is 2.30. The van der Waals surface area contributed by atoms with Crippen molar-refractivity contribution in [3.63, 3.8) is 0 Å². The van der Waals surface area contributed by atoms with Gasteiger partial charge in [-0.1, -0.05) is 18.2 Å². The summed E-state index contributed by atoms with van der Waals surface area (Å²) < 4.78 is 5.93. The van der Waals surface area contributed by atoms with Crippen LogP contribution in [0.4, 0.5) is 0 Å². The molecular formula is C18H25NO3. The van der Waals surface area contributed by atoms with Gasteiger partial charge >= 0.3 is 5.97 Å². The Balaban J connectivity index is 1.47. The Labute approximate surface area is 131 Å². The summed E-state index contributed by atoms with van der Waals surface area (Å²) in [5, 5.41) is 12.6. The molecule has 1 aromatic rings. The smallest absolute Gasteiger partial charge is 0.306 e. The van der Waals surface area contributed by atoms with E-state index in [0.29, 0.717) is 6.04 Å². The van der Waals surface area contributed by atoms with Crippen LogP contribution < -0.4 is 10.1 Å². The molecule has 0 heterocycles. The maximum Gasteiger partial charge on any atom is 0.306 e. The van der Waals surface area contributed by atoms with Crippen molar-refractivity contribution in [1.82, 2.24) is 5.32 Å². The fourth-order valence-corrected chi connectivity index (χ4v) is 3.08. The van der Waals surface area contributed by atoms with Gasteiger partial charge in [-0.05, 0) is 50.5 Å². The second kappa shape index (κ2) is 7.14. The number of benzene rings is 1. The fourth-order valence-electron chi connectivity index (χ4n) is 3.08. The van der Waals surface area contributed by atoms with Crippen LogP contribution in [0.25, 0.3) is 0 Å². The number of nitrogens with one attached hydrogen (secondary N) is 1. The minimum atomic E-state index is -0.641. The first-order chi connectivity index (χ1) is 10.7. The lowest BCUT2D eigenvalue weighted by molar-refractivity contribution is -0.142. The van der Waals surface area contributed by atoms with E-state index in [1.165, 1.54) is 18.4 Å². The number of aliphatic carboxylic acids is 1. The predicted molar refractivity (Wildman–Crippen MR) is 84.9 cm³/mol. The minimum Gasteiger partial charge on any atom is -0.493 e. The van der Waals surface area contributed by atoms with Crippen LogP contribution in [-0.2, 0) is 11.3 Å². The number of carbonyl (C=O) groups is 1. The van der Waals surface area contributed by atoms with Crippen molar-refractivity contribution >= 4 is 5.97 Å². The Morgan fingerprint density at radius 2 is 1.86 bits per heavy atom. The molecule has 2 aliphatic rings. The molecule has 0 radical (unpaired) electrons. The van der Waals surface area contributed by atoms with Gasteiger partial charge in [0.1, 0.15) is 5.75 Å². The number of carboxylic acid groups (broad SMARTS) is 1. The molecular weight excluding hydrogens is 278 g/mol. The molecule has 0 aromatic heterocycles. The molecule has 120 valence electrons. The molecule has 4 nitrogen and oxygen atoms in total. The molecule has 1 aromatic carbocycles. The summed E-state index contributed by atoms with van der Waals surface area (Å²) in [6.07, 6.45) is 6.06. The molecule has 2 fully saturated rings. The Bertz CT molecular complexity index is 505. The summed E-state index contributed by atoms with van der Waals surface area (Å²) in [6.45, 7) is 1.63. The van der Waals surface area contributed by atoms with Crippen molar-refractivity contribution in [2.75, 3.05) is 6.61 Å². The van der Waals surface area contributed by atoms with Gasteiger partial charge in [-0.15, -0.1) is 0 Å². The van der Waals surface area contributed by atoms with E-state index in [0.717, 1.165) is 50.5 Å². The normalized spacial score (nSPS) is 24.9. The third kappa shape index (κ3) is 4.23. The first-order valence-corrected chi connectivity index (χ1v) is 8.39. The van der Waals surface area contributed by atoms with Gasteiger partial charge in [0.05, 0.1) is 12.5 Å². The van der Waals surface area contributed by atoms with E-state index in [1.54, 1.807) is 0 Å². The SMILES string of the molecule is O=C(O)C1CCC(NCc2ccccc2OCC2CC2)CC1. The van der Waals surface area contributed by atoms with Crippen LogP contribution in [0.15, 0.2) is 24.3 Å². The van der Waals surface area contributed by atoms with Crippen LogP contribution in [0.5, 0.6) is 5.75 Å². The maximum absolute atomic E-state index is 11.0. The lowest BCUT2D eigenvalue weighted by Gasteiger charge is -2.27. The molecule has 0 atom stereocenters. The monoisotopic (exact) mass is 303 g/mol. The topological polar surface area (TPSA) is 58.6 Å². The van der Waals surface area contributed by atoms with Crippen molar-refractivity contribution < 1.29 is 14.6 Å². The Morgan fingerprint density at radius 1 is 1.14 bits per heavy atom. The van der Waals surface area contributed by atoms with E-state index < -0.39 is 5.97 Å². The van der Waals surface area contributed by atoms with Gasteiger partial charge in [-0.25, -0.2) is 0 Å². The molecule has 0 amide bonds. The number of ether oxygens (including phenoxy) is 1. The van der Waals surface area contributed by atoms with E-state index in [-0.39, 0.29) is 5.92 Å². The Kier molecular flexibility index (Phi) is 4.98. The predicted octanol–water partition coefficient (Wildman–Crippen LogP) is 3.21. The molecule has 3 rings (SSSR count). The standard InChI is InChI=1S/C18H25NO3/c20-18(21)14-7-9-16(10-8-14)19-11-15-3-1-2-4-17(15)22-12-13-5-6-13/h1-4,13-14,16,19H,5-12H2,(H,20,21). The van der Waals surface area contributed by atoms with Crippen molar-refractivity contribution in [2.24, 2.45) is 11.8 Å². The lowest BCUT2D eigenvalue weighted by atomic mass is 9.86. The summed E-state index contributed by atoms with van der Waals surface area (Å²) in [6, 6.07) is 8.64. The van der Waals surface area contributed by atoms with Crippen LogP contribution in [0.3, 0.4) is 0 Å². The van der Waals surface area contributed by atoms with Crippen LogP contribution in [-0.4, -0.2) is 23.7 Å². The summed E-state index contributed by atoms with van der Waals surface area (Å²) in [5.74, 6) is 0.956. The summed E-state index contributed by atoms with van der Waals surface area (Å²) in [5.41, 5.74) is 1.20. The molecule has 4 heteroatoms. The van der Waals surface area contributed by atoms with Crippen molar-refractivity contribution in [3.05, 3.63) is 29.8 Å². The third-order valence-corrected chi connectivity index (χ3v) is 4.80. The molecule has 0 aliphatic heterocycles. The zero-order valence-electron chi connectivity index (χ0n) is 13.0. The fraction of sp³-hybridized carbons (Fsp3) is 0.611. The van der Waals surface area contributed by atoms with Gasteiger partial charge in [0.25, 0.3) is 0 Å². The van der Waals surface area contributed by atoms with Crippen LogP contribution >= 0.6 is 0 Å². The van der Waals surface area contributed by atoms with Gasteiger partial charge in [0.15, 0.2) is 0 Å². The zero-order valence-corrected chi connectivity index (χ0v) is 13.0. The third-order valence-electron chi connectivity index (χ3n) is 4.80. The van der Waals surface area contributed by atoms with Crippen molar-refractivity contribution in [3.8, 4) is 5.75 Å². The Hall–Kier alpha value is -1.55. The number of para-hydroxylation sites is 1. The second-order valence-electron chi connectivity index (χ2n) is 6.63. The first-order valence-electron chi connectivity index (χ1n) is 8.39.